The van der Waals surface area contributed by atoms with Crippen molar-refractivity contribution in [2.45, 2.75) is 38.1 Å². The molecule has 3 rings (SSSR count). The molecule has 2 heterocycles. The summed E-state index contributed by atoms with van der Waals surface area (Å²) in [7, 11) is 0. The normalized spacial score (nSPS) is 13.8. The average Bonchev–Trinajstić information content (AvgIpc) is 3.13. The monoisotopic (exact) mass is 699 g/mol. The van der Waals surface area contributed by atoms with Crippen LogP contribution in [0, 0.1) is 11.3 Å². The van der Waals surface area contributed by atoms with Gasteiger partial charge in [-0.2, -0.15) is 10.4 Å². The van der Waals surface area contributed by atoms with E-state index in [2.05, 4.69) is 29.6 Å². The summed E-state index contributed by atoms with van der Waals surface area (Å²) in [6.07, 6.45) is -15.1. The Morgan fingerprint density at radius 2 is 1.55 bits per heavy atom. The first-order valence-electron chi connectivity index (χ1n) is 10.1. The van der Waals surface area contributed by atoms with E-state index in [1.165, 1.54) is 23.0 Å². The van der Waals surface area contributed by atoms with Crippen molar-refractivity contribution in [2.24, 2.45) is 0 Å². The minimum absolute atomic E-state index is 0.278. The number of amides is 1. The van der Waals surface area contributed by atoms with Crippen molar-refractivity contribution in [3.8, 4) is 29.2 Å². The summed E-state index contributed by atoms with van der Waals surface area (Å²) in [5.74, 6) is -4.80. The van der Waals surface area contributed by atoms with Gasteiger partial charge in [-0.05, 0) is 31.2 Å². The number of rotatable bonds is 8. The van der Waals surface area contributed by atoms with Gasteiger partial charge in [0.05, 0.1) is 18.8 Å². The molecule has 40 heavy (non-hydrogen) atoms. The number of carbonyl (C=O) groups is 1. The zero-order chi connectivity index (χ0) is 30.1. The molecule has 2 aromatic heterocycles. The van der Waals surface area contributed by atoms with E-state index in [0.717, 1.165) is 31.2 Å². The van der Waals surface area contributed by atoms with Gasteiger partial charge in [0.1, 0.15) is 11.3 Å². The van der Waals surface area contributed by atoms with Gasteiger partial charge < -0.3 is 22.6 Å². The van der Waals surface area contributed by atoms with Gasteiger partial charge in [0.25, 0.3) is 5.91 Å². The van der Waals surface area contributed by atoms with Crippen molar-refractivity contribution in [3.63, 3.8) is 0 Å². The Kier molecular flexibility index (Phi) is 8.37. The molecule has 1 unspecified atom stereocenters. The molecule has 0 aliphatic heterocycles. The Morgan fingerprint density at radius 1 is 0.975 bits per heavy atom. The van der Waals surface area contributed by atoms with Crippen LogP contribution in [0.25, 0.3) is 11.0 Å². The number of alkyl halides is 9. The van der Waals surface area contributed by atoms with Crippen LogP contribution in [0.15, 0.2) is 30.5 Å². The highest BCUT2D eigenvalue weighted by molar-refractivity contribution is 14.1. The lowest BCUT2D eigenvalue weighted by atomic mass is 10.0. The Bertz CT molecular complexity index is 1430. The summed E-state index contributed by atoms with van der Waals surface area (Å²) in [4.78, 5) is 16.2. The van der Waals surface area contributed by atoms with E-state index in [1.54, 1.807) is 6.07 Å². The highest BCUT2D eigenvalue weighted by Gasteiger charge is 2.40. The van der Waals surface area contributed by atoms with Crippen molar-refractivity contribution in [2.75, 3.05) is 0 Å². The van der Waals surface area contributed by atoms with Gasteiger partial charge in [0.15, 0.2) is 39.8 Å². The second-order valence-corrected chi connectivity index (χ2v) is 8.19. The predicted octanol–water partition coefficient (Wildman–Crippen LogP) is 5.57. The molecular formula is C20H11F9IN5O5. The molecule has 216 valence electrons. The lowest BCUT2D eigenvalue weighted by Crippen LogP contribution is -2.48. The molecule has 10 nitrogen and oxygen atoms in total. The molecule has 0 spiro atoms. The second-order valence-electron chi connectivity index (χ2n) is 7.75. The predicted molar refractivity (Wildman–Crippen MR) is 120 cm³/mol. The standard InChI is InChI=1S/C20H11F9IN5O5/c1-17(7-31,33-15(36)9-2-4-10(5-3-9)37-18(21,22)23)8-35-16(39-20(27,28)29)13-12(34-35)14(38-19(24,25)26)11(40-30)6-32-13/h2-6H,8H2,1H3,(H,33,36). The maximum absolute atomic E-state index is 13.2. The summed E-state index contributed by atoms with van der Waals surface area (Å²) in [5, 5.41) is 15.5. The summed E-state index contributed by atoms with van der Waals surface area (Å²) >= 11 is 1.17. The van der Waals surface area contributed by atoms with Crippen molar-refractivity contribution in [3.05, 3.63) is 36.0 Å². The highest BCUT2D eigenvalue weighted by Crippen LogP contribution is 2.42. The van der Waals surface area contributed by atoms with Crippen molar-refractivity contribution >= 4 is 39.9 Å². The summed E-state index contributed by atoms with van der Waals surface area (Å²) in [6, 6.07) is 5.02. The van der Waals surface area contributed by atoms with Gasteiger partial charge in [-0.25, -0.2) is 9.67 Å². The number of nitriles is 1. The van der Waals surface area contributed by atoms with E-state index in [1.807, 2.05) is 0 Å². The lowest BCUT2D eigenvalue weighted by Gasteiger charge is -2.24. The number of nitrogens with one attached hydrogen (secondary N) is 1. The first kappa shape index (κ1) is 30.6. The Morgan fingerprint density at radius 3 is 2.05 bits per heavy atom. The quantitative estimate of drug-likeness (QED) is 0.240. The van der Waals surface area contributed by atoms with Crippen LogP contribution < -0.4 is 22.6 Å². The number of hydrogen-bond acceptors (Lipinski definition) is 8. The molecular weight excluding hydrogens is 688 g/mol. The molecule has 20 heteroatoms. The number of fused-ring (bicyclic) bond motifs is 1. The van der Waals surface area contributed by atoms with Gasteiger partial charge in [0.2, 0.25) is 11.6 Å². The van der Waals surface area contributed by atoms with Gasteiger partial charge in [-0.1, -0.05) is 0 Å². The molecule has 1 amide bonds. The number of hydrogen-bond donors (Lipinski definition) is 1. The topological polar surface area (TPSA) is 121 Å². The van der Waals surface area contributed by atoms with Gasteiger partial charge >= 0.3 is 19.1 Å². The molecule has 0 fully saturated rings. The summed E-state index contributed by atoms with van der Waals surface area (Å²) in [6.45, 7) is 0.0772. The Hall–Kier alpha value is -3.90. The van der Waals surface area contributed by atoms with Crippen LogP contribution in [0.1, 0.15) is 17.3 Å². The fourth-order valence-corrected chi connectivity index (χ4v) is 3.44. The molecule has 1 atom stereocenters. The largest absolute Gasteiger partial charge is 0.574 e. The van der Waals surface area contributed by atoms with E-state index in [-0.39, 0.29) is 5.56 Å². The van der Waals surface area contributed by atoms with E-state index >= 15 is 0 Å². The van der Waals surface area contributed by atoms with Gasteiger partial charge in [-0.3, -0.25) is 4.79 Å². The van der Waals surface area contributed by atoms with Crippen LogP contribution in [0.3, 0.4) is 0 Å². The number of carbonyl (C=O) groups excluding carboxylic acids is 1. The van der Waals surface area contributed by atoms with Crippen LogP contribution in [0.5, 0.6) is 23.1 Å². The summed E-state index contributed by atoms with van der Waals surface area (Å²) in [5.41, 5.74) is -4.14. The zero-order valence-corrected chi connectivity index (χ0v) is 21.4. The molecule has 0 saturated carbocycles. The molecule has 1 N–H and O–H groups in total. The Balaban J connectivity index is 2.01. The van der Waals surface area contributed by atoms with Crippen LogP contribution >= 0.6 is 23.0 Å². The van der Waals surface area contributed by atoms with Crippen molar-refractivity contribution < 1.29 is 61.6 Å². The molecule has 1 aromatic carbocycles. The maximum Gasteiger partial charge on any atom is 0.574 e. The second kappa shape index (κ2) is 10.9. The van der Waals surface area contributed by atoms with Gasteiger partial charge in [-0.15, -0.1) is 39.5 Å². The van der Waals surface area contributed by atoms with Crippen LogP contribution in [0.4, 0.5) is 39.5 Å². The Labute approximate surface area is 230 Å². The number of halogens is 10. The SMILES string of the molecule is CC(C#N)(Cn1nc2c(OC(F)(F)F)c(OI)cnc2c1OC(F)(F)F)NC(=O)c1ccc(OC(F)(F)F)cc1. The number of pyridine rings is 1. The number of benzene rings is 1. The molecule has 0 radical (unpaired) electrons. The number of aromatic nitrogens is 3. The minimum atomic E-state index is -5.40. The third-order valence-corrected chi connectivity index (χ3v) is 5.07. The van der Waals surface area contributed by atoms with Gasteiger partial charge in [0, 0.05) is 5.56 Å². The zero-order valence-electron chi connectivity index (χ0n) is 19.2. The summed E-state index contributed by atoms with van der Waals surface area (Å²) < 4.78 is 132. The van der Waals surface area contributed by atoms with Crippen LogP contribution in [-0.4, -0.2) is 45.3 Å². The smallest absolute Gasteiger partial charge is 0.422 e. The van der Waals surface area contributed by atoms with Crippen LogP contribution in [-0.2, 0) is 6.54 Å². The molecule has 0 aliphatic carbocycles. The van der Waals surface area contributed by atoms with E-state index in [9.17, 15) is 49.6 Å². The first-order chi connectivity index (χ1) is 18.3. The lowest BCUT2D eigenvalue weighted by molar-refractivity contribution is -0.277. The first-order valence-corrected chi connectivity index (χ1v) is 11.0. The fraction of sp³-hybridized carbons (Fsp3) is 0.300. The van der Waals surface area contributed by atoms with E-state index in [0.29, 0.717) is 10.9 Å². The van der Waals surface area contributed by atoms with Crippen molar-refractivity contribution in [1.82, 2.24) is 20.1 Å². The van der Waals surface area contributed by atoms with Crippen LogP contribution in [0.2, 0.25) is 0 Å². The molecule has 0 bridgehead atoms. The third-order valence-electron chi connectivity index (χ3n) is 4.60. The number of nitrogens with zero attached hydrogens (tertiary/aromatic N) is 4. The van der Waals surface area contributed by atoms with Crippen molar-refractivity contribution in [1.29, 1.82) is 5.26 Å². The third kappa shape index (κ3) is 7.82. The number of ether oxygens (including phenoxy) is 3. The average molecular weight is 699 g/mol. The molecule has 3 aromatic rings. The maximum atomic E-state index is 13.2. The molecule has 0 saturated heterocycles. The minimum Gasteiger partial charge on any atom is -0.422 e. The van der Waals surface area contributed by atoms with E-state index < -0.39 is 71.2 Å². The fourth-order valence-electron chi connectivity index (χ4n) is 3.13. The molecule has 0 aliphatic rings. The highest BCUT2D eigenvalue weighted by atomic mass is 127. The van der Waals surface area contributed by atoms with E-state index in [4.69, 9.17) is 3.07 Å².